The van der Waals surface area contributed by atoms with Gasteiger partial charge in [-0.15, -0.1) is 12.1 Å². The summed E-state index contributed by atoms with van der Waals surface area (Å²) in [5, 5.41) is 0. The van der Waals surface area contributed by atoms with Gasteiger partial charge in [-0.3, -0.25) is 4.39 Å². The zero-order valence-corrected chi connectivity index (χ0v) is 12.2. The van der Waals surface area contributed by atoms with Gasteiger partial charge in [0, 0.05) is 11.6 Å². The van der Waals surface area contributed by atoms with Gasteiger partial charge in [-0.25, -0.2) is 0 Å². The first-order chi connectivity index (χ1) is 7.36. The second kappa shape index (κ2) is 8.50. The molecule has 2 aromatic carbocycles. The van der Waals surface area contributed by atoms with Gasteiger partial charge in [0.1, 0.15) is 6.61 Å². The van der Waals surface area contributed by atoms with E-state index in [1.54, 1.807) is 12.1 Å². The molecule has 0 unspecified atom stereocenters. The van der Waals surface area contributed by atoms with E-state index in [1.807, 2.05) is 30.3 Å². The molecule has 0 aliphatic heterocycles. The van der Waals surface area contributed by atoms with E-state index in [4.69, 9.17) is 4.74 Å². The maximum absolute atomic E-state index is 13.1. The Balaban J connectivity index is 0.00000128. The fraction of sp³-hybridized carbons (Fsp3) is 0.0769. The Bertz CT molecular complexity index is 436. The Morgan fingerprint density at radius 1 is 1.12 bits per heavy atom. The van der Waals surface area contributed by atoms with E-state index in [1.165, 1.54) is 6.07 Å². The quantitative estimate of drug-likeness (QED) is 0.565. The molecule has 17 heavy (non-hydrogen) atoms. The smallest absolute Gasteiger partial charge is 1.00 e. The molecule has 0 bridgehead atoms. The van der Waals surface area contributed by atoms with Gasteiger partial charge >= 0.3 is 23.1 Å². The SMILES string of the molecule is Fc1c[c-]ccc1OCc1ccccc1.[Br-].[Mg+2]. The largest absolute Gasteiger partial charge is 2.00 e. The summed E-state index contributed by atoms with van der Waals surface area (Å²) in [6.45, 7) is 0.377. The first-order valence-corrected chi connectivity index (χ1v) is 4.68. The molecule has 0 fully saturated rings. The third-order valence-corrected chi connectivity index (χ3v) is 2.01. The van der Waals surface area contributed by atoms with Gasteiger partial charge in [-0.05, 0) is 5.56 Å². The molecule has 2 rings (SSSR count). The minimum Gasteiger partial charge on any atom is -1.00 e. The summed E-state index contributed by atoms with van der Waals surface area (Å²) in [7, 11) is 0. The molecular weight excluding hydrogens is 295 g/mol. The zero-order valence-electron chi connectivity index (χ0n) is 9.20. The first-order valence-electron chi connectivity index (χ1n) is 4.68. The summed E-state index contributed by atoms with van der Waals surface area (Å²) < 4.78 is 18.5. The van der Waals surface area contributed by atoms with Gasteiger partial charge in [0.15, 0.2) is 0 Å². The van der Waals surface area contributed by atoms with Crippen LogP contribution in [-0.4, -0.2) is 23.1 Å². The molecule has 1 nitrogen and oxygen atoms in total. The van der Waals surface area contributed by atoms with Crippen LogP contribution in [0.5, 0.6) is 5.75 Å². The Hall–Kier alpha value is -0.584. The Labute approximate surface area is 127 Å². The summed E-state index contributed by atoms with van der Waals surface area (Å²) in [6.07, 6.45) is 0. The van der Waals surface area contributed by atoms with Gasteiger partial charge in [-0.1, -0.05) is 30.3 Å². The van der Waals surface area contributed by atoms with E-state index in [2.05, 4.69) is 6.07 Å². The number of rotatable bonds is 3. The molecule has 0 aliphatic carbocycles. The van der Waals surface area contributed by atoms with E-state index < -0.39 is 0 Å². The number of hydrogen-bond donors (Lipinski definition) is 0. The molecule has 0 amide bonds. The average Bonchev–Trinajstić information content (AvgIpc) is 2.29. The van der Waals surface area contributed by atoms with Gasteiger partial charge in [0.2, 0.25) is 0 Å². The van der Waals surface area contributed by atoms with E-state index >= 15 is 0 Å². The second-order valence-corrected chi connectivity index (χ2v) is 3.13. The van der Waals surface area contributed by atoms with Crippen LogP contribution in [0, 0.1) is 11.9 Å². The third-order valence-electron chi connectivity index (χ3n) is 2.01. The predicted octanol–water partition coefficient (Wildman–Crippen LogP) is -0.172. The zero-order chi connectivity index (χ0) is 10.5. The predicted molar refractivity (Wildman–Crippen MR) is 61.8 cm³/mol. The third kappa shape index (κ3) is 5.06. The van der Waals surface area contributed by atoms with Gasteiger partial charge in [0.25, 0.3) is 0 Å². The van der Waals surface area contributed by atoms with Crippen LogP contribution in [0.25, 0.3) is 0 Å². The molecule has 0 radical (unpaired) electrons. The standard InChI is InChI=1S/C13H10FO.BrH.Mg/c14-12-8-4-5-9-13(12)15-10-11-6-2-1-3-7-11;;/h1-3,5-9H,10H2;1H;/q-1;;+2/p-1. The summed E-state index contributed by atoms with van der Waals surface area (Å²) >= 11 is 0. The second-order valence-electron chi connectivity index (χ2n) is 3.13. The minimum atomic E-state index is -0.381. The Morgan fingerprint density at radius 3 is 2.47 bits per heavy atom. The molecule has 0 aliphatic rings. The Kier molecular flexibility index (Phi) is 8.21. The van der Waals surface area contributed by atoms with E-state index in [0.29, 0.717) is 6.61 Å². The maximum Gasteiger partial charge on any atom is 2.00 e. The van der Waals surface area contributed by atoms with Crippen molar-refractivity contribution >= 4 is 23.1 Å². The van der Waals surface area contributed by atoms with Crippen LogP contribution in [0.1, 0.15) is 5.56 Å². The van der Waals surface area contributed by atoms with E-state index in [0.717, 1.165) is 5.56 Å². The van der Waals surface area contributed by atoms with Crippen molar-refractivity contribution in [3.8, 4) is 5.75 Å². The molecule has 0 N–H and O–H groups in total. The van der Waals surface area contributed by atoms with Gasteiger partial charge in [0.05, 0.1) is 0 Å². The summed E-state index contributed by atoms with van der Waals surface area (Å²) in [4.78, 5) is 0. The molecule has 0 aromatic heterocycles. The summed E-state index contributed by atoms with van der Waals surface area (Å²) in [6, 6.07) is 16.8. The van der Waals surface area contributed by atoms with E-state index in [9.17, 15) is 4.39 Å². The first kappa shape index (κ1) is 16.4. The van der Waals surface area contributed by atoms with Crippen molar-refractivity contribution in [3.05, 3.63) is 66.0 Å². The molecule has 0 heterocycles. The monoisotopic (exact) mass is 304 g/mol. The van der Waals surface area contributed by atoms with Crippen molar-refractivity contribution in [2.24, 2.45) is 0 Å². The Morgan fingerprint density at radius 2 is 1.82 bits per heavy atom. The molecule has 0 atom stereocenters. The average molecular weight is 305 g/mol. The number of benzene rings is 2. The molecular formula is C13H10BrFMgO. The molecule has 84 valence electrons. The topological polar surface area (TPSA) is 9.23 Å². The van der Waals surface area contributed by atoms with Crippen LogP contribution in [0.2, 0.25) is 0 Å². The molecule has 2 aromatic rings. The maximum atomic E-state index is 13.1. The fourth-order valence-corrected chi connectivity index (χ4v) is 1.25. The summed E-state index contributed by atoms with van der Waals surface area (Å²) in [5.41, 5.74) is 1.02. The minimum absolute atomic E-state index is 0. The number of halogens is 2. The van der Waals surface area contributed by atoms with E-state index in [-0.39, 0.29) is 51.6 Å². The van der Waals surface area contributed by atoms with Crippen LogP contribution < -0.4 is 21.7 Å². The van der Waals surface area contributed by atoms with Crippen LogP contribution in [0.15, 0.2) is 48.5 Å². The van der Waals surface area contributed by atoms with Crippen LogP contribution >= 0.6 is 0 Å². The van der Waals surface area contributed by atoms with Gasteiger partial charge < -0.3 is 21.7 Å². The van der Waals surface area contributed by atoms with Gasteiger partial charge in [-0.2, -0.15) is 12.1 Å². The molecule has 4 heteroatoms. The van der Waals surface area contributed by atoms with Crippen LogP contribution in [0.3, 0.4) is 0 Å². The van der Waals surface area contributed by atoms with Crippen molar-refractivity contribution in [1.82, 2.24) is 0 Å². The number of ether oxygens (including phenoxy) is 1. The van der Waals surface area contributed by atoms with Crippen molar-refractivity contribution < 1.29 is 26.1 Å². The fourth-order valence-electron chi connectivity index (χ4n) is 1.25. The van der Waals surface area contributed by atoms with Crippen molar-refractivity contribution in [2.45, 2.75) is 6.61 Å². The summed E-state index contributed by atoms with van der Waals surface area (Å²) in [5.74, 6) is -0.119. The van der Waals surface area contributed by atoms with Crippen molar-refractivity contribution in [2.75, 3.05) is 0 Å². The normalized spacial score (nSPS) is 8.76. The molecule has 0 saturated heterocycles. The van der Waals surface area contributed by atoms with Crippen molar-refractivity contribution in [1.29, 1.82) is 0 Å². The number of hydrogen-bond acceptors (Lipinski definition) is 1. The van der Waals surface area contributed by atoms with Crippen LogP contribution in [-0.2, 0) is 6.61 Å². The van der Waals surface area contributed by atoms with Crippen LogP contribution in [0.4, 0.5) is 4.39 Å². The molecule has 0 saturated carbocycles. The van der Waals surface area contributed by atoms with Crippen molar-refractivity contribution in [3.63, 3.8) is 0 Å². The molecule has 0 spiro atoms.